The first-order valence-electron chi connectivity index (χ1n) is 6.00. The Morgan fingerprint density at radius 1 is 1.25 bits per heavy atom. The van der Waals surface area contributed by atoms with Gasteiger partial charge in [-0.15, -0.1) is 0 Å². The molecule has 1 rings (SSSR count). The van der Waals surface area contributed by atoms with Gasteiger partial charge in [0.2, 0.25) is 0 Å². The third kappa shape index (κ3) is 6.12. The fourth-order valence-corrected chi connectivity index (χ4v) is 1.98. The summed E-state index contributed by atoms with van der Waals surface area (Å²) >= 11 is 11.6. The number of carbonyl (C=O) groups excluding carboxylic acids is 2. The third-order valence-corrected chi connectivity index (χ3v) is 2.61. The molecular weight excluding hydrogens is 305 g/mol. The van der Waals surface area contributed by atoms with Crippen LogP contribution in [0.25, 0.3) is 0 Å². The molecule has 5 nitrogen and oxygen atoms in total. The molecule has 0 aromatic heterocycles. The maximum absolute atomic E-state index is 11.6. The van der Waals surface area contributed by atoms with E-state index in [9.17, 15) is 9.59 Å². The summed E-state index contributed by atoms with van der Waals surface area (Å²) in [4.78, 5) is 22.8. The number of halogens is 2. The highest BCUT2D eigenvalue weighted by atomic mass is 35.5. The van der Waals surface area contributed by atoms with Crippen molar-refractivity contribution in [2.75, 3.05) is 11.9 Å². The van der Waals surface area contributed by atoms with Crippen molar-refractivity contribution in [1.29, 1.82) is 0 Å². The van der Waals surface area contributed by atoms with Gasteiger partial charge >= 0.3 is 12.1 Å². The van der Waals surface area contributed by atoms with Gasteiger partial charge in [-0.3, -0.25) is 10.1 Å². The molecule has 0 spiro atoms. The number of ether oxygens (including phenoxy) is 2. The van der Waals surface area contributed by atoms with Gasteiger partial charge in [0.25, 0.3) is 0 Å². The Balaban J connectivity index is 2.48. The van der Waals surface area contributed by atoms with Gasteiger partial charge in [0.15, 0.2) is 0 Å². The zero-order valence-electron chi connectivity index (χ0n) is 11.1. The largest absolute Gasteiger partial charge is 0.466 e. The van der Waals surface area contributed by atoms with Crippen LogP contribution in [0.4, 0.5) is 10.5 Å². The Bertz CT molecular complexity index is 473. The molecule has 20 heavy (non-hydrogen) atoms. The average Bonchev–Trinajstić information content (AvgIpc) is 2.26. The predicted octanol–water partition coefficient (Wildman–Crippen LogP) is 3.88. The topological polar surface area (TPSA) is 64.6 Å². The number of esters is 1. The Labute approximate surface area is 127 Å². The summed E-state index contributed by atoms with van der Waals surface area (Å²) in [5, 5.41) is 3.27. The SMILES string of the molecule is CCOC(=O)CC(C)OC(=O)Nc1cc(Cl)cc(Cl)c1. The summed E-state index contributed by atoms with van der Waals surface area (Å²) in [6.45, 7) is 3.60. The van der Waals surface area contributed by atoms with E-state index in [0.717, 1.165) is 0 Å². The molecule has 0 radical (unpaired) electrons. The van der Waals surface area contributed by atoms with Crippen LogP contribution in [0.5, 0.6) is 0 Å². The second kappa shape index (κ2) is 7.97. The van der Waals surface area contributed by atoms with Crippen LogP contribution in [0.3, 0.4) is 0 Å². The van der Waals surface area contributed by atoms with Crippen LogP contribution < -0.4 is 5.32 Å². The van der Waals surface area contributed by atoms with Crippen LogP contribution in [0.15, 0.2) is 18.2 Å². The first kappa shape index (κ1) is 16.6. The van der Waals surface area contributed by atoms with E-state index in [1.807, 2.05) is 0 Å². The van der Waals surface area contributed by atoms with Gasteiger partial charge in [0, 0.05) is 15.7 Å². The maximum atomic E-state index is 11.6. The fourth-order valence-electron chi connectivity index (χ4n) is 1.45. The highest BCUT2D eigenvalue weighted by molar-refractivity contribution is 6.35. The molecule has 0 bridgehead atoms. The first-order valence-corrected chi connectivity index (χ1v) is 6.75. The molecular formula is C13H15Cl2NO4. The molecule has 1 atom stereocenters. The summed E-state index contributed by atoms with van der Waals surface area (Å²) in [7, 11) is 0. The maximum Gasteiger partial charge on any atom is 0.411 e. The highest BCUT2D eigenvalue weighted by Crippen LogP contribution is 2.22. The zero-order valence-corrected chi connectivity index (χ0v) is 12.6. The van der Waals surface area contributed by atoms with Crippen molar-refractivity contribution >= 4 is 41.0 Å². The van der Waals surface area contributed by atoms with E-state index < -0.39 is 18.2 Å². The molecule has 0 aliphatic heterocycles. The Kier molecular flexibility index (Phi) is 6.61. The quantitative estimate of drug-likeness (QED) is 0.836. The molecule has 0 aliphatic carbocycles. The molecule has 1 unspecified atom stereocenters. The van der Waals surface area contributed by atoms with Gasteiger partial charge in [0.05, 0.1) is 13.0 Å². The Morgan fingerprint density at radius 3 is 2.40 bits per heavy atom. The van der Waals surface area contributed by atoms with E-state index in [0.29, 0.717) is 22.3 Å². The lowest BCUT2D eigenvalue weighted by atomic mass is 10.3. The van der Waals surface area contributed by atoms with E-state index in [2.05, 4.69) is 5.32 Å². The second-order valence-corrected chi connectivity index (χ2v) is 4.88. The lowest BCUT2D eigenvalue weighted by Gasteiger charge is -2.13. The lowest BCUT2D eigenvalue weighted by molar-refractivity contribution is -0.145. The molecule has 0 aliphatic rings. The van der Waals surface area contributed by atoms with Crippen molar-refractivity contribution in [3.8, 4) is 0 Å². The summed E-state index contributed by atoms with van der Waals surface area (Å²) < 4.78 is 9.77. The number of hydrogen-bond donors (Lipinski definition) is 1. The summed E-state index contributed by atoms with van der Waals surface area (Å²) in [5.41, 5.74) is 0.413. The fraction of sp³-hybridized carbons (Fsp3) is 0.385. The molecule has 7 heteroatoms. The lowest BCUT2D eigenvalue weighted by Crippen LogP contribution is -2.23. The van der Waals surface area contributed by atoms with Crippen molar-refractivity contribution < 1.29 is 19.1 Å². The van der Waals surface area contributed by atoms with Crippen LogP contribution in [0.2, 0.25) is 10.0 Å². The molecule has 1 aromatic carbocycles. The second-order valence-electron chi connectivity index (χ2n) is 4.01. The van der Waals surface area contributed by atoms with E-state index in [1.54, 1.807) is 19.9 Å². The van der Waals surface area contributed by atoms with Crippen LogP contribution in [0.1, 0.15) is 20.3 Å². The minimum absolute atomic E-state index is 0.00242. The van der Waals surface area contributed by atoms with Gasteiger partial charge in [0.1, 0.15) is 6.10 Å². The summed E-state index contributed by atoms with van der Waals surface area (Å²) in [6, 6.07) is 4.61. The molecule has 110 valence electrons. The first-order chi connectivity index (χ1) is 9.40. The average molecular weight is 320 g/mol. The number of rotatable bonds is 5. The molecule has 1 aromatic rings. The van der Waals surface area contributed by atoms with E-state index in [-0.39, 0.29) is 6.42 Å². The van der Waals surface area contributed by atoms with E-state index >= 15 is 0 Å². The zero-order chi connectivity index (χ0) is 15.1. The number of benzene rings is 1. The van der Waals surface area contributed by atoms with Crippen molar-refractivity contribution in [2.24, 2.45) is 0 Å². The number of nitrogens with one attached hydrogen (secondary N) is 1. The van der Waals surface area contributed by atoms with Crippen molar-refractivity contribution in [1.82, 2.24) is 0 Å². The van der Waals surface area contributed by atoms with Gasteiger partial charge in [-0.2, -0.15) is 0 Å². The third-order valence-electron chi connectivity index (χ3n) is 2.18. The Hall–Kier alpha value is -1.46. The molecule has 0 fully saturated rings. The van der Waals surface area contributed by atoms with Crippen LogP contribution in [-0.2, 0) is 14.3 Å². The molecule has 1 N–H and O–H groups in total. The van der Waals surface area contributed by atoms with Gasteiger partial charge < -0.3 is 9.47 Å². The standard InChI is InChI=1S/C13H15Cl2NO4/c1-3-19-12(17)4-8(2)20-13(18)16-11-6-9(14)5-10(15)7-11/h5-8H,3-4H2,1-2H3,(H,16,18). The number of hydrogen-bond acceptors (Lipinski definition) is 4. The van der Waals surface area contributed by atoms with Gasteiger partial charge in [-0.05, 0) is 32.0 Å². The Morgan fingerprint density at radius 2 is 1.85 bits per heavy atom. The number of carbonyl (C=O) groups is 2. The van der Waals surface area contributed by atoms with E-state index in [4.69, 9.17) is 32.7 Å². The number of anilines is 1. The highest BCUT2D eigenvalue weighted by Gasteiger charge is 2.14. The minimum Gasteiger partial charge on any atom is -0.466 e. The monoisotopic (exact) mass is 319 g/mol. The predicted molar refractivity (Wildman–Crippen MR) is 77.3 cm³/mol. The molecule has 0 saturated carbocycles. The molecule has 0 heterocycles. The minimum atomic E-state index is -0.694. The smallest absolute Gasteiger partial charge is 0.411 e. The van der Waals surface area contributed by atoms with Crippen LogP contribution in [0, 0.1) is 0 Å². The summed E-state index contributed by atoms with van der Waals surface area (Å²) in [6.07, 6.45) is -1.29. The number of amides is 1. The normalized spacial score (nSPS) is 11.6. The van der Waals surface area contributed by atoms with Crippen molar-refractivity contribution in [2.45, 2.75) is 26.4 Å². The van der Waals surface area contributed by atoms with Crippen LogP contribution in [-0.4, -0.2) is 24.8 Å². The van der Waals surface area contributed by atoms with Gasteiger partial charge in [-0.25, -0.2) is 4.79 Å². The van der Waals surface area contributed by atoms with Crippen molar-refractivity contribution in [3.63, 3.8) is 0 Å². The van der Waals surface area contributed by atoms with Gasteiger partial charge in [-0.1, -0.05) is 23.2 Å². The van der Waals surface area contributed by atoms with Crippen LogP contribution >= 0.6 is 23.2 Å². The summed E-state index contributed by atoms with van der Waals surface area (Å²) in [5.74, 6) is -0.418. The van der Waals surface area contributed by atoms with E-state index in [1.165, 1.54) is 12.1 Å². The molecule has 1 amide bonds. The van der Waals surface area contributed by atoms with Crippen molar-refractivity contribution in [3.05, 3.63) is 28.2 Å². The molecule has 0 saturated heterocycles.